The Kier molecular flexibility index (Phi) is 22.5. The Morgan fingerprint density at radius 2 is 1.24 bits per heavy atom. The van der Waals surface area contributed by atoms with Gasteiger partial charge in [0.05, 0.1) is 43.5 Å². The van der Waals surface area contributed by atoms with Crippen molar-refractivity contribution in [2.75, 3.05) is 39.2 Å². The van der Waals surface area contributed by atoms with E-state index < -0.39 is 39.3 Å². The predicted molar refractivity (Wildman–Crippen MR) is 327 cm³/mol. The number of benzene rings is 4. The van der Waals surface area contributed by atoms with Crippen LogP contribution in [-0.4, -0.2) is 122 Å². The molecule has 4 aromatic carbocycles. The Balaban J connectivity index is 0.000000193. The third kappa shape index (κ3) is 16.8. The van der Waals surface area contributed by atoms with Gasteiger partial charge >= 0.3 is 6.08 Å². The number of alkyl halides is 2. The molecule has 2 fully saturated rings. The van der Waals surface area contributed by atoms with Gasteiger partial charge in [-0.15, -0.1) is 0 Å². The van der Waals surface area contributed by atoms with Gasteiger partial charge < -0.3 is 31.1 Å². The smallest absolute Gasteiger partial charge is 0.309 e. The lowest BCUT2D eigenvalue weighted by Gasteiger charge is -2.35. The monoisotopic (exact) mass is 1210 g/mol. The number of hydrogen-bond donors (Lipinski definition) is 3. The topological polar surface area (TPSA) is 222 Å². The number of pyridine rings is 2. The molecular weight excluding hydrogens is 1140 g/mol. The van der Waals surface area contributed by atoms with Gasteiger partial charge in [0.25, 0.3) is 0 Å². The van der Waals surface area contributed by atoms with Crippen LogP contribution in [0.25, 0.3) is 44.1 Å². The highest BCUT2D eigenvalue weighted by Gasteiger charge is 2.32. The van der Waals surface area contributed by atoms with Crippen LogP contribution in [0, 0.1) is 19.9 Å². The Morgan fingerprint density at radius 3 is 1.77 bits per heavy atom. The third-order valence-corrected chi connectivity index (χ3v) is 18.3. The molecule has 442 valence electrons. The van der Waals surface area contributed by atoms with E-state index in [4.69, 9.17) is 39.7 Å². The predicted octanol–water partition coefficient (Wildman–Crippen LogP) is 12.1. The fraction of sp³-hybridized carbons (Fsp3) is 0.377. The van der Waals surface area contributed by atoms with Gasteiger partial charge in [-0.05, 0) is 193 Å². The maximum atomic E-state index is 14.9. The van der Waals surface area contributed by atoms with Gasteiger partial charge in [-0.1, -0.05) is 67.4 Å². The van der Waals surface area contributed by atoms with Gasteiger partial charge in [0.2, 0.25) is 5.95 Å². The first kappa shape index (κ1) is 64.3. The van der Waals surface area contributed by atoms with Gasteiger partial charge in [0.15, 0.2) is 9.84 Å². The molecule has 0 aliphatic heterocycles. The number of halogens is 5. The van der Waals surface area contributed by atoms with Crippen molar-refractivity contribution in [2.45, 2.75) is 131 Å². The van der Waals surface area contributed by atoms with Gasteiger partial charge in [0.1, 0.15) is 18.2 Å². The molecule has 0 spiro atoms. The molecule has 15 nitrogen and oxygen atoms in total. The largest absolute Gasteiger partial charge is 0.768 e. The van der Waals surface area contributed by atoms with Crippen LogP contribution in [0.1, 0.15) is 80.6 Å². The van der Waals surface area contributed by atoms with Crippen molar-refractivity contribution >= 4 is 77.7 Å². The molecule has 2 aliphatic carbocycles. The quantitative estimate of drug-likeness (QED) is 0.0764. The van der Waals surface area contributed by atoms with Crippen molar-refractivity contribution in [3.8, 4) is 22.3 Å². The van der Waals surface area contributed by atoms with Gasteiger partial charge in [-0.3, -0.25) is 9.19 Å². The second-order valence-corrected chi connectivity index (χ2v) is 24.8. The number of fused-ring (bicyclic) bond motifs is 2. The van der Waals surface area contributed by atoms with Crippen LogP contribution in [0.15, 0.2) is 119 Å². The highest BCUT2D eigenvalue weighted by Crippen LogP contribution is 2.33. The highest BCUT2D eigenvalue weighted by atomic mass is 35.5. The maximum absolute atomic E-state index is 14.9. The summed E-state index contributed by atoms with van der Waals surface area (Å²) < 4.78 is 87.8. The lowest BCUT2D eigenvalue weighted by atomic mass is 9.89. The number of rotatable bonds is 12. The molecule has 22 heteroatoms. The summed E-state index contributed by atoms with van der Waals surface area (Å²) in [4.78, 5) is 30.2. The number of nitrogens with two attached hydrogens (primary N) is 2. The zero-order valence-electron chi connectivity index (χ0n) is 47.8. The molecular formula is C61H71Cl2F3N11O4S2-. The van der Waals surface area contributed by atoms with Crippen molar-refractivity contribution in [3.63, 3.8) is 0 Å². The molecule has 5 unspecified atom stereocenters. The van der Waals surface area contributed by atoms with Crippen molar-refractivity contribution < 1.29 is 30.4 Å². The number of nitrogens with zero attached hydrogens (tertiary/aromatic N) is 8. The molecule has 4 aromatic heterocycles. The number of sulfone groups is 1. The molecule has 0 amide bonds. The van der Waals surface area contributed by atoms with E-state index in [1.807, 2.05) is 79.3 Å². The van der Waals surface area contributed by atoms with Gasteiger partial charge in [-0.25, -0.2) is 42.1 Å². The fourth-order valence-corrected chi connectivity index (χ4v) is 12.8. The number of nitrogen functional groups attached to an aromatic ring is 1. The molecule has 4 heterocycles. The minimum absolute atomic E-state index is 0.101. The number of anilines is 2. The van der Waals surface area contributed by atoms with Crippen LogP contribution < -0.4 is 16.8 Å². The molecule has 2 saturated carbocycles. The van der Waals surface area contributed by atoms with Crippen molar-refractivity contribution in [3.05, 3.63) is 154 Å². The average Bonchev–Trinajstić information content (AvgIpc) is 3.64. The van der Waals surface area contributed by atoms with E-state index in [-0.39, 0.29) is 43.7 Å². The van der Waals surface area contributed by atoms with E-state index in [9.17, 15) is 30.4 Å². The second kappa shape index (κ2) is 29.0. The average molecular weight is 1210 g/mol. The fourth-order valence-electron chi connectivity index (χ4n) is 10.2. The summed E-state index contributed by atoms with van der Waals surface area (Å²) in [7, 11) is 4.34. The van der Waals surface area contributed by atoms with E-state index in [0.717, 1.165) is 99.6 Å². The van der Waals surface area contributed by atoms with Gasteiger partial charge in [0, 0.05) is 68.7 Å². The summed E-state index contributed by atoms with van der Waals surface area (Å²) >= 11 is 9.44. The number of aromatic nitrogens is 6. The molecule has 7 atom stereocenters. The molecule has 0 bridgehead atoms. The number of aryl methyl sites for hydroxylation is 4. The zero-order valence-corrected chi connectivity index (χ0v) is 50.9. The molecule has 5 N–H and O–H groups in total. The second-order valence-electron chi connectivity index (χ2n) is 21.2. The van der Waals surface area contributed by atoms with Crippen LogP contribution in [0.4, 0.5) is 24.9 Å². The van der Waals surface area contributed by atoms with E-state index in [0.29, 0.717) is 41.9 Å². The van der Waals surface area contributed by atoms with E-state index in [1.165, 1.54) is 24.4 Å². The molecule has 0 radical (unpaired) electrons. The number of nitrogens with one attached hydrogen (secondary N) is 1. The molecule has 83 heavy (non-hydrogen) atoms. The Hall–Kier alpha value is -6.23. The molecule has 8 aromatic rings. The summed E-state index contributed by atoms with van der Waals surface area (Å²) in [5.41, 5.74) is 20.7. The minimum atomic E-state index is -3.65. The normalized spacial score (nSPS) is 19.2. The Bertz CT molecular complexity index is 3680. The van der Waals surface area contributed by atoms with E-state index in [1.54, 1.807) is 48.7 Å². The summed E-state index contributed by atoms with van der Waals surface area (Å²) in [6, 6.07) is 28.3. The van der Waals surface area contributed by atoms with Crippen LogP contribution in [0.3, 0.4) is 0 Å². The molecule has 10 rings (SSSR count). The molecule has 2 aliphatic rings. The van der Waals surface area contributed by atoms with E-state index in [2.05, 4.69) is 53.0 Å². The summed E-state index contributed by atoms with van der Waals surface area (Å²) in [5.74, 6) is 0.701. The van der Waals surface area contributed by atoms with Gasteiger partial charge in [-0.2, -0.15) is 4.39 Å². The van der Waals surface area contributed by atoms with Crippen molar-refractivity contribution in [1.82, 2.24) is 39.7 Å². The SMILES string of the molecule is CCc1cc(-c2ccc(CS(=O)(=O)c3ccccc3Cl)nc2C)cc2cnc(NC3CC[C@@H](N(C)C)CC3F)nc12.CCc1cc(-c2ccc(N)nc2C)cc2cnc(F)nc12.CN(C)[C@@H]1CCC(N)C(F)C1.O=S([O-])c1ccccc1Cl. The summed E-state index contributed by atoms with van der Waals surface area (Å²) in [5, 5.41) is 5.40. The zero-order chi connectivity index (χ0) is 60.3. The van der Waals surface area contributed by atoms with Crippen LogP contribution in [0.2, 0.25) is 10.0 Å². The number of hydrogen-bond acceptors (Lipinski definition) is 15. The van der Waals surface area contributed by atoms with Crippen LogP contribution in [-0.2, 0) is 39.5 Å². The third-order valence-electron chi connectivity index (χ3n) is 15.0. The summed E-state index contributed by atoms with van der Waals surface area (Å²) in [6.45, 7) is 7.88. The molecule has 0 saturated heterocycles. The van der Waals surface area contributed by atoms with Crippen LogP contribution in [0.5, 0.6) is 0 Å². The lowest BCUT2D eigenvalue weighted by molar-refractivity contribution is 0.133. The Morgan fingerprint density at radius 1 is 0.699 bits per heavy atom. The van der Waals surface area contributed by atoms with Crippen molar-refractivity contribution in [1.29, 1.82) is 0 Å². The minimum Gasteiger partial charge on any atom is -0.768 e. The standard InChI is InChI=1S/C31H35ClFN5O2S.C16H15FN4.C8H17FN2.C6H5ClO2S/c1-5-20-14-21(25-12-10-23(35-19(25)2)18-41(39,40)29-9-7-6-8-26(29)32)15-22-17-34-31(37-30(20)22)36-28-13-11-24(38(3)4)16-27(28)33;1-3-10-6-11(13-4-5-14(18)20-9(13)2)7-12-8-19-16(17)21-15(10)12;1-11(2)6-3-4-8(10)7(9)5-6;7-5-3-1-2-4-6(5)10(8)9/h6-10,12,14-15,17,24,27-28H,5,11,13,16,18H2,1-4H3,(H,34,36,37);4-8H,3H2,1-2H3,(H2,18,20);6-8H,3-5,10H2,1-2H3;1-4H,(H,8,9)/p-1/t24-,27?,28?;;6-,7?,8?;/m1.1./s1. The Labute approximate surface area is 497 Å². The first-order valence-corrected chi connectivity index (χ1v) is 30.8. The van der Waals surface area contributed by atoms with Crippen LogP contribution >= 0.6 is 23.2 Å². The first-order valence-electron chi connectivity index (χ1n) is 27.4. The van der Waals surface area contributed by atoms with E-state index >= 15 is 0 Å². The maximum Gasteiger partial charge on any atom is 0.309 e. The van der Waals surface area contributed by atoms with Crippen molar-refractivity contribution in [2.24, 2.45) is 5.73 Å². The first-order chi connectivity index (χ1) is 39.5. The highest BCUT2D eigenvalue weighted by molar-refractivity contribution is 7.90. The summed E-state index contributed by atoms with van der Waals surface area (Å²) in [6.07, 6.45) is 6.98. The lowest BCUT2D eigenvalue weighted by Crippen LogP contribution is -2.44.